The van der Waals surface area contributed by atoms with Crippen LogP contribution in [0.2, 0.25) is 0 Å². The molecule has 0 fully saturated rings. The van der Waals surface area contributed by atoms with Crippen LogP contribution >= 0.6 is 0 Å². The van der Waals surface area contributed by atoms with Crippen molar-refractivity contribution >= 4 is 17.5 Å². The fourth-order valence-electron chi connectivity index (χ4n) is 2.14. The van der Waals surface area contributed by atoms with Crippen LogP contribution in [0.5, 0.6) is 0 Å². The molecule has 1 aromatic rings. The maximum Gasteiger partial charge on any atom is 0.223 e. The molecule has 0 spiro atoms. The molecule has 1 aromatic carbocycles. The number of anilines is 1. The smallest absolute Gasteiger partial charge is 0.223 e. The topological polar surface area (TPSA) is 49.4 Å². The Hall–Kier alpha value is -1.84. The number of nitrogens with zero attached hydrogens (tertiary/aromatic N) is 1. The summed E-state index contributed by atoms with van der Waals surface area (Å²) in [5, 5.41) is 2.84. The number of amides is 2. The van der Waals surface area contributed by atoms with E-state index in [0.717, 1.165) is 24.1 Å². The second-order valence-electron chi connectivity index (χ2n) is 4.75. The van der Waals surface area contributed by atoms with Crippen molar-refractivity contribution in [2.24, 2.45) is 0 Å². The molecule has 2 amide bonds. The third-order valence-corrected chi connectivity index (χ3v) is 3.18. The zero-order chi connectivity index (χ0) is 15.0. The van der Waals surface area contributed by atoms with Gasteiger partial charge in [-0.05, 0) is 24.5 Å². The molecule has 0 saturated carbocycles. The van der Waals surface area contributed by atoms with Crippen molar-refractivity contribution in [1.82, 2.24) is 5.32 Å². The minimum Gasteiger partial charge on any atom is -0.354 e. The molecule has 0 heterocycles. The highest BCUT2D eigenvalue weighted by Crippen LogP contribution is 2.20. The van der Waals surface area contributed by atoms with Crippen LogP contribution < -0.4 is 10.2 Å². The van der Waals surface area contributed by atoms with Gasteiger partial charge in [-0.2, -0.15) is 0 Å². The van der Waals surface area contributed by atoms with Gasteiger partial charge in [0.15, 0.2) is 0 Å². The van der Waals surface area contributed by atoms with Crippen molar-refractivity contribution in [2.75, 3.05) is 18.0 Å². The molecule has 1 rings (SSSR count). The summed E-state index contributed by atoms with van der Waals surface area (Å²) in [4.78, 5) is 25.0. The first kappa shape index (κ1) is 16.2. The van der Waals surface area contributed by atoms with Gasteiger partial charge in [0.1, 0.15) is 0 Å². The van der Waals surface area contributed by atoms with Crippen LogP contribution in [0, 0.1) is 0 Å². The summed E-state index contributed by atoms with van der Waals surface area (Å²) in [5.74, 6) is 0.0374. The molecule has 0 aliphatic carbocycles. The van der Waals surface area contributed by atoms with E-state index >= 15 is 0 Å². The minimum absolute atomic E-state index is 0.00404. The first-order chi connectivity index (χ1) is 9.60. The first-order valence-electron chi connectivity index (χ1n) is 7.22. The Morgan fingerprint density at radius 3 is 2.50 bits per heavy atom. The molecule has 0 unspecified atom stereocenters. The zero-order valence-corrected chi connectivity index (χ0v) is 12.6. The van der Waals surface area contributed by atoms with Crippen LogP contribution in [-0.2, 0) is 16.0 Å². The Balaban J connectivity index is 2.70. The summed E-state index contributed by atoms with van der Waals surface area (Å²) < 4.78 is 0. The van der Waals surface area contributed by atoms with Crippen molar-refractivity contribution in [3.8, 4) is 0 Å². The van der Waals surface area contributed by atoms with E-state index < -0.39 is 0 Å². The Bertz CT molecular complexity index is 458. The van der Waals surface area contributed by atoms with E-state index in [4.69, 9.17) is 0 Å². The summed E-state index contributed by atoms with van der Waals surface area (Å²) in [6.07, 6.45) is 2.24. The van der Waals surface area contributed by atoms with Crippen LogP contribution in [0.1, 0.15) is 39.2 Å². The number of benzene rings is 1. The van der Waals surface area contributed by atoms with Crippen LogP contribution in [0.25, 0.3) is 0 Å². The number of aryl methyl sites for hydroxylation is 1. The molecular weight excluding hydrogens is 252 g/mol. The standard InChI is InChI=1S/C16H24N2O2/c1-4-8-16(20)17-11-12-18(13(3)19)15-10-7-6-9-14(15)5-2/h6-7,9-10H,4-5,8,11-12H2,1-3H3,(H,17,20). The molecule has 20 heavy (non-hydrogen) atoms. The molecule has 4 heteroatoms. The van der Waals surface area contributed by atoms with Gasteiger partial charge in [-0.3, -0.25) is 9.59 Å². The summed E-state index contributed by atoms with van der Waals surface area (Å²) in [6, 6.07) is 7.89. The lowest BCUT2D eigenvalue weighted by molar-refractivity contribution is -0.121. The van der Waals surface area contributed by atoms with Crippen LogP contribution in [0.15, 0.2) is 24.3 Å². The van der Waals surface area contributed by atoms with Gasteiger partial charge in [-0.25, -0.2) is 0 Å². The van der Waals surface area contributed by atoms with E-state index in [0.29, 0.717) is 19.5 Å². The molecule has 110 valence electrons. The average molecular weight is 276 g/mol. The monoisotopic (exact) mass is 276 g/mol. The fraction of sp³-hybridized carbons (Fsp3) is 0.500. The second kappa shape index (κ2) is 8.35. The molecule has 4 nitrogen and oxygen atoms in total. The van der Waals surface area contributed by atoms with Crippen LogP contribution in [0.3, 0.4) is 0 Å². The van der Waals surface area contributed by atoms with Crippen LogP contribution in [0.4, 0.5) is 5.69 Å². The van der Waals surface area contributed by atoms with E-state index in [-0.39, 0.29) is 11.8 Å². The molecule has 0 atom stereocenters. The number of para-hydroxylation sites is 1. The van der Waals surface area contributed by atoms with E-state index in [1.54, 1.807) is 11.8 Å². The van der Waals surface area contributed by atoms with Gasteiger partial charge in [-0.1, -0.05) is 32.0 Å². The third-order valence-electron chi connectivity index (χ3n) is 3.18. The van der Waals surface area contributed by atoms with Crippen molar-refractivity contribution < 1.29 is 9.59 Å². The number of nitrogens with one attached hydrogen (secondary N) is 1. The van der Waals surface area contributed by atoms with Gasteiger partial charge in [0.2, 0.25) is 11.8 Å². The molecular formula is C16H24N2O2. The average Bonchev–Trinajstić information content (AvgIpc) is 2.43. The maximum atomic E-state index is 11.8. The summed E-state index contributed by atoms with van der Waals surface area (Å²) >= 11 is 0. The minimum atomic E-state index is -0.00404. The van der Waals surface area contributed by atoms with Crippen molar-refractivity contribution in [1.29, 1.82) is 0 Å². The van der Waals surface area contributed by atoms with E-state index in [9.17, 15) is 9.59 Å². The number of hydrogen-bond donors (Lipinski definition) is 1. The van der Waals surface area contributed by atoms with Gasteiger partial charge in [-0.15, -0.1) is 0 Å². The van der Waals surface area contributed by atoms with Crippen molar-refractivity contribution in [3.05, 3.63) is 29.8 Å². The fourth-order valence-corrected chi connectivity index (χ4v) is 2.14. The molecule has 1 N–H and O–H groups in total. The highest BCUT2D eigenvalue weighted by atomic mass is 16.2. The Morgan fingerprint density at radius 1 is 1.20 bits per heavy atom. The van der Waals surface area contributed by atoms with E-state index in [1.807, 2.05) is 31.2 Å². The molecule has 0 radical (unpaired) electrons. The summed E-state index contributed by atoms with van der Waals surface area (Å²) in [7, 11) is 0. The largest absolute Gasteiger partial charge is 0.354 e. The molecule has 0 saturated heterocycles. The second-order valence-corrected chi connectivity index (χ2v) is 4.75. The Labute approximate surface area is 121 Å². The molecule has 0 aliphatic rings. The molecule has 0 bridgehead atoms. The third kappa shape index (κ3) is 4.68. The Morgan fingerprint density at radius 2 is 1.90 bits per heavy atom. The highest BCUT2D eigenvalue weighted by molar-refractivity contribution is 5.92. The quantitative estimate of drug-likeness (QED) is 0.832. The maximum absolute atomic E-state index is 11.8. The number of carbonyl (C=O) groups is 2. The van der Waals surface area contributed by atoms with Gasteiger partial charge in [0.25, 0.3) is 0 Å². The zero-order valence-electron chi connectivity index (χ0n) is 12.6. The van der Waals surface area contributed by atoms with Crippen molar-refractivity contribution in [2.45, 2.75) is 40.0 Å². The van der Waals surface area contributed by atoms with E-state index in [2.05, 4.69) is 12.2 Å². The molecule has 0 aliphatic heterocycles. The SMILES string of the molecule is CCCC(=O)NCCN(C(C)=O)c1ccccc1CC. The van der Waals surface area contributed by atoms with Gasteiger partial charge in [0, 0.05) is 32.1 Å². The van der Waals surface area contributed by atoms with Gasteiger partial charge >= 0.3 is 0 Å². The highest BCUT2D eigenvalue weighted by Gasteiger charge is 2.14. The van der Waals surface area contributed by atoms with E-state index in [1.165, 1.54) is 0 Å². The lowest BCUT2D eigenvalue weighted by Crippen LogP contribution is -2.37. The predicted octanol–water partition coefficient (Wildman–Crippen LogP) is 2.52. The number of hydrogen-bond acceptors (Lipinski definition) is 2. The Kier molecular flexibility index (Phi) is 6.77. The van der Waals surface area contributed by atoms with Crippen molar-refractivity contribution in [3.63, 3.8) is 0 Å². The normalized spacial score (nSPS) is 10.2. The summed E-state index contributed by atoms with van der Waals surface area (Å²) in [6.45, 7) is 6.58. The van der Waals surface area contributed by atoms with Gasteiger partial charge in [0.05, 0.1) is 0 Å². The number of rotatable bonds is 7. The summed E-state index contributed by atoms with van der Waals surface area (Å²) in [5.41, 5.74) is 2.08. The predicted molar refractivity (Wildman–Crippen MR) is 81.8 cm³/mol. The lowest BCUT2D eigenvalue weighted by Gasteiger charge is -2.24. The first-order valence-corrected chi connectivity index (χ1v) is 7.22. The van der Waals surface area contributed by atoms with Gasteiger partial charge < -0.3 is 10.2 Å². The van der Waals surface area contributed by atoms with Crippen LogP contribution in [-0.4, -0.2) is 24.9 Å². The number of carbonyl (C=O) groups excluding carboxylic acids is 2. The molecule has 0 aromatic heterocycles. The lowest BCUT2D eigenvalue weighted by atomic mass is 10.1.